The number of carbonyl (C=O) groups excluding carboxylic acids is 1. The molecule has 2 aromatic carbocycles. The number of hydrogen-bond donors (Lipinski definition) is 2. The monoisotopic (exact) mass is 293 g/mol. The first-order chi connectivity index (χ1) is 10.8. The van der Waals surface area contributed by atoms with Crippen LogP contribution >= 0.6 is 0 Å². The Bertz CT molecular complexity index is 740. The summed E-state index contributed by atoms with van der Waals surface area (Å²) in [6.07, 6.45) is 3.35. The van der Waals surface area contributed by atoms with Crippen LogP contribution in [0.15, 0.2) is 67.1 Å². The molecular formula is C17H15N3O2. The highest BCUT2D eigenvalue weighted by Gasteiger charge is 2.05. The summed E-state index contributed by atoms with van der Waals surface area (Å²) in [5.74, 6) is 0.467. The molecule has 0 aliphatic carbocycles. The van der Waals surface area contributed by atoms with Crippen LogP contribution < -0.4 is 10.1 Å². The van der Waals surface area contributed by atoms with E-state index in [1.807, 2.05) is 54.6 Å². The summed E-state index contributed by atoms with van der Waals surface area (Å²) in [5, 5.41) is 2.82. The number of anilines is 1. The average molecular weight is 293 g/mol. The predicted molar refractivity (Wildman–Crippen MR) is 84.6 cm³/mol. The van der Waals surface area contributed by atoms with E-state index in [1.165, 1.54) is 0 Å². The van der Waals surface area contributed by atoms with Crippen molar-refractivity contribution >= 4 is 11.6 Å². The van der Waals surface area contributed by atoms with Gasteiger partial charge < -0.3 is 15.0 Å². The number of H-pyrrole nitrogens is 1. The van der Waals surface area contributed by atoms with Crippen molar-refractivity contribution in [3.8, 4) is 17.0 Å². The number of nitrogens with zero attached hydrogens (tertiary/aromatic N) is 1. The number of ether oxygens (including phenoxy) is 1. The minimum Gasteiger partial charge on any atom is -0.484 e. The Balaban J connectivity index is 1.61. The molecule has 22 heavy (non-hydrogen) atoms. The van der Waals surface area contributed by atoms with Crippen molar-refractivity contribution < 1.29 is 9.53 Å². The van der Waals surface area contributed by atoms with E-state index < -0.39 is 0 Å². The van der Waals surface area contributed by atoms with E-state index in [2.05, 4.69) is 15.3 Å². The van der Waals surface area contributed by atoms with Gasteiger partial charge >= 0.3 is 0 Å². The molecule has 1 amide bonds. The van der Waals surface area contributed by atoms with Gasteiger partial charge in [-0.3, -0.25) is 4.79 Å². The molecule has 0 atom stereocenters. The van der Waals surface area contributed by atoms with Crippen molar-refractivity contribution in [3.05, 3.63) is 67.1 Å². The van der Waals surface area contributed by atoms with Crippen LogP contribution in [0.5, 0.6) is 5.75 Å². The standard InChI is InChI=1S/C17H15N3O2/c21-17(11-22-15-7-2-1-3-8-15)20-14-6-4-5-13(9-14)16-10-18-12-19-16/h1-10,12H,11H2,(H,18,19)(H,20,21). The number of benzene rings is 2. The summed E-state index contributed by atoms with van der Waals surface area (Å²) in [5.41, 5.74) is 2.57. The molecule has 0 spiro atoms. The zero-order valence-electron chi connectivity index (χ0n) is 11.8. The molecule has 2 N–H and O–H groups in total. The zero-order chi connectivity index (χ0) is 15.2. The molecule has 5 nitrogen and oxygen atoms in total. The number of nitrogens with one attached hydrogen (secondary N) is 2. The lowest BCUT2D eigenvalue weighted by atomic mass is 10.1. The molecule has 0 radical (unpaired) electrons. The Morgan fingerprint density at radius 2 is 2.00 bits per heavy atom. The SMILES string of the molecule is O=C(COc1ccccc1)Nc1cccc(-c2cnc[nH]2)c1. The first-order valence-corrected chi connectivity index (χ1v) is 6.88. The molecule has 5 heteroatoms. The third kappa shape index (κ3) is 3.52. The van der Waals surface area contributed by atoms with E-state index in [-0.39, 0.29) is 12.5 Å². The van der Waals surface area contributed by atoms with Gasteiger partial charge in [0.2, 0.25) is 0 Å². The third-order valence-corrected chi connectivity index (χ3v) is 3.07. The van der Waals surface area contributed by atoms with E-state index in [4.69, 9.17) is 4.74 Å². The van der Waals surface area contributed by atoms with E-state index in [1.54, 1.807) is 12.5 Å². The quantitative estimate of drug-likeness (QED) is 0.759. The largest absolute Gasteiger partial charge is 0.484 e. The van der Waals surface area contributed by atoms with E-state index in [0.717, 1.165) is 11.3 Å². The van der Waals surface area contributed by atoms with E-state index in [9.17, 15) is 4.79 Å². The average Bonchev–Trinajstić information content (AvgIpc) is 3.09. The number of imidazole rings is 1. The molecule has 0 saturated carbocycles. The van der Waals surface area contributed by atoms with Gasteiger partial charge in [-0.2, -0.15) is 0 Å². The van der Waals surface area contributed by atoms with Crippen molar-refractivity contribution in [2.24, 2.45) is 0 Å². The molecule has 1 heterocycles. The molecule has 110 valence electrons. The number of aromatic nitrogens is 2. The first-order valence-electron chi connectivity index (χ1n) is 6.88. The first kappa shape index (κ1) is 13.9. The van der Waals surface area contributed by atoms with Gasteiger partial charge in [0.25, 0.3) is 5.91 Å². The van der Waals surface area contributed by atoms with Crippen molar-refractivity contribution in [2.45, 2.75) is 0 Å². The van der Waals surface area contributed by atoms with Crippen LogP contribution in [-0.2, 0) is 4.79 Å². The lowest BCUT2D eigenvalue weighted by molar-refractivity contribution is -0.118. The molecule has 0 unspecified atom stereocenters. The maximum atomic E-state index is 11.9. The molecular weight excluding hydrogens is 278 g/mol. The minimum absolute atomic E-state index is 0.0295. The Hall–Kier alpha value is -3.08. The Morgan fingerprint density at radius 1 is 1.14 bits per heavy atom. The second kappa shape index (κ2) is 6.58. The van der Waals surface area contributed by atoms with Crippen LogP contribution in [0, 0.1) is 0 Å². The highest BCUT2D eigenvalue weighted by molar-refractivity contribution is 5.92. The molecule has 3 aromatic rings. The summed E-state index contributed by atoms with van der Waals surface area (Å²) >= 11 is 0. The topological polar surface area (TPSA) is 67.0 Å². The summed E-state index contributed by atoms with van der Waals surface area (Å²) in [6, 6.07) is 16.8. The highest BCUT2D eigenvalue weighted by Crippen LogP contribution is 2.20. The fourth-order valence-electron chi connectivity index (χ4n) is 2.04. The Labute approximate surface area is 128 Å². The molecule has 0 aliphatic rings. The van der Waals surface area contributed by atoms with Crippen LogP contribution in [0.25, 0.3) is 11.3 Å². The van der Waals surface area contributed by atoms with Crippen LogP contribution in [0.1, 0.15) is 0 Å². The van der Waals surface area contributed by atoms with E-state index >= 15 is 0 Å². The summed E-state index contributed by atoms with van der Waals surface area (Å²) in [6.45, 7) is -0.0295. The lowest BCUT2D eigenvalue weighted by Crippen LogP contribution is -2.20. The Kier molecular flexibility index (Phi) is 4.15. The molecule has 3 rings (SSSR count). The van der Waals surface area contributed by atoms with Crippen molar-refractivity contribution in [1.82, 2.24) is 9.97 Å². The predicted octanol–water partition coefficient (Wildman–Crippen LogP) is 3.09. The second-order valence-electron chi connectivity index (χ2n) is 4.70. The fourth-order valence-corrected chi connectivity index (χ4v) is 2.04. The van der Waals surface area contributed by atoms with Gasteiger partial charge in [0.05, 0.1) is 18.2 Å². The lowest BCUT2D eigenvalue weighted by Gasteiger charge is -2.08. The number of amides is 1. The van der Waals surface area contributed by atoms with Gasteiger partial charge in [-0.25, -0.2) is 4.98 Å². The smallest absolute Gasteiger partial charge is 0.262 e. The van der Waals surface area contributed by atoms with Crippen molar-refractivity contribution in [3.63, 3.8) is 0 Å². The zero-order valence-corrected chi connectivity index (χ0v) is 11.8. The summed E-state index contributed by atoms with van der Waals surface area (Å²) < 4.78 is 5.41. The fraction of sp³-hybridized carbons (Fsp3) is 0.0588. The van der Waals surface area contributed by atoms with Crippen molar-refractivity contribution in [2.75, 3.05) is 11.9 Å². The van der Waals surface area contributed by atoms with Crippen LogP contribution in [0.4, 0.5) is 5.69 Å². The number of aromatic amines is 1. The van der Waals surface area contributed by atoms with E-state index in [0.29, 0.717) is 11.4 Å². The molecule has 0 aliphatic heterocycles. The van der Waals surface area contributed by atoms with Gasteiger partial charge in [0, 0.05) is 11.3 Å². The number of para-hydroxylation sites is 1. The van der Waals surface area contributed by atoms with Gasteiger partial charge in [-0.05, 0) is 24.3 Å². The molecule has 0 fully saturated rings. The maximum Gasteiger partial charge on any atom is 0.262 e. The molecule has 0 bridgehead atoms. The van der Waals surface area contributed by atoms with Gasteiger partial charge in [-0.15, -0.1) is 0 Å². The van der Waals surface area contributed by atoms with Crippen LogP contribution in [0.3, 0.4) is 0 Å². The number of carbonyl (C=O) groups is 1. The van der Waals surface area contributed by atoms with Crippen LogP contribution in [-0.4, -0.2) is 22.5 Å². The van der Waals surface area contributed by atoms with Crippen molar-refractivity contribution in [1.29, 1.82) is 0 Å². The maximum absolute atomic E-state index is 11.9. The van der Waals surface area contributed by atoms with Gasteiger partial charge in [-0.1, -0.05) is 30.3 Å². The second-order valence-corrected chi connectivity index (χ2v) is 4.70. The highest BCUT2D eigenvalue weighted by atomic mass is 16.5. The summed E-state index contributed by atoms with van der Waals surface area (Å²) in [7, 11) is 0. The van der Waals surface area contributed by atoms with Gasteiger partial charge in [0.1, 0.15) is 5.75 Å². The van der Waals surface area contributed by atoms with Gasteiger partial charge in [0.15, 0.2) is 6.61 Å². The number of hydrogen-bond acceptors (Lipinski definition) is 3. The molecule has 1 aromatic heterocycles. The number of rotatable bonds is 5. The molecule has 0 saturated heterocycles. The minimum atomic E-state index is -0.203. The Morgan fingerprint density at radius 3 is 2.77 bits per heavy atom. The third-order valence-electron chi connectivity index (χ3n) is 3.07. The summed E-state index contributed by atoms with van der Waals surface area (Å²) in [4.78, 5) is 18.9. The normalized spacial score (nSPS) is 10.2. The van der Waals surface area contributed by atoms with Crippen LogP contribution in [0.2, 0.25) is 0 Å².